The van der Waals surface area contributed by atoms with Crippen LogP contribution in [0, 0.1) is 0 Å². The van der Waals surface area contributed by atoms with Gasteiger partial charge in [0.15, 0.2) is 0 Å². The summed E-state index contributed by atoms with van der Waals surface area (Å²) in [5.74, 6) is 0.753. The van der Waals surface area contributed by atoms with Crippen molar-refractivity contribution >= 4 is 45.9 Å². The second kappa shape index (κ2) is 6.54. The van der Waals surface area contributed by atoms with Crippen LogP contribution in [0.1, 0.15) is 0 Å². The van der Waals surface area contributed by atoms with Crippen molar-refractivity contribution in [3.05, 3.63) is 63.9 Å². The third-order valence-corrected chi connectivity index (χ3v) is 5.41. The molecule has 0 unspecified atom stereocenters. The Morgan fingerprint density at radius 1 is 1.24 bits per heavy atom. The molecule has 0 saturated carbocycles. The van der Waals surface area contributed by atoms with Gasteiger partial charge in [0.05, 0.1) is 17.4 Å². The third-order valence-electron chi connectivity index (χ3n) is 4.13. The van der Waals surface area contributed by atoms with Crippen molar-refractivity contribution in [3.8, 4) is 0 Å². The van der Waals surface area contributed by atoms with Gasteiger partial charge in [0.2, 0.25) is 11.3 Å². The molecule has 1 aromatic heterocycles. The van der Waals surface area contributed by atoms with Crippen LogP contribution in [-0.4, -0.2) is 28.0 Å². The number of fused-ring (bicyclic) bond motifs is 2. The van der Waals surface area contributed by atoms with Crippen molar-refractivity contribution in [3.63, 3.8) is 0 Å². The minimum atomic E-state index is -0.147. The summed E-state index contributed by atoms with van der Waals surface area (Å²) in [5.41, 5.74) is 1.34. The maximum Gasteiger partial charge on any atom is 0.248 e. The van der Waals surface area contributed by atoms with Gasteiger partial charge < -0.3 is 4.90 Å². The minimum Gasteiger partial charge on any atom is -0.309 e. The Kier molecular flexibility index (Phi) is 4.23. The lowest BCUT2D eigenvalue weighted by atomic mass is 10.2. The molecule has 1 amide bonds. The van der Waals surface area contributed by atoms with E-state index in [-0.39, 0.29) is 17.9 Å². The first-order valence-corrected chi connectivity index (χ1v) is 9.17. The Hall–Kier alpha value is -2.31. The molecule has 2 heterocycles. The Morgan fingerprint density at radius 3 is 2.96 bits per heavy atom. The summed E-state index contributed by atoms with van der Waals surface area (Å²) in [6.45, 7) is 0.687. The predicted octanol–water partition coefficient (Wildman–Crippen LogP) is 3.19. The summed E-state index contributed by atoms with van der Waals surface area (Å²) in [6, 6.07) is 12.8. The zero-order chi connectivity index (χ0) is 17.4. The van der Waals surface area contributed by atoms with E-state index in [1.54, 1.807) is 39.5 Å². The van der Waals surface area contributed by atoms with Crippen LogP contribution in [0.3, 0.4) is 0 Å². The lowest BCUT2D eigenvalue weighted by molar-refractivity contribution is -0.119. The number of halogens is 1. The largest absolute Gasteiger partial charge is 0.309 e. The Bertz CT molecular complexity index is 1030. The van der Waals surface area contributed by atoms with Gasteiger partial charge in [-0.3, -0.25) is 14.3 Å². The summed E-state index contributed by atoms with van der Waals surface area (Å²) < 4.78 is 1.57. The number of nitrogens with zero attached hydrogens (tertiary/aromatic N) is 3. The van der Waals surface area contributed by atoms with Crippen molar-refractivity contribution in [2.45, 2.75) is 11.4 Å². The molecule has 0 spiro atoms. The highest BCUT2D eigenvalue weighted by atomic mass is 35.5. The molecule has 5 nitrogen and oxygen atoms in total. The first-order chi connectivity index (χ1) is 12.1. The van der Waals surface area contributed by atoms with E-state index in [2.05, 4.69) is 5.10 Å². The molecule has 4 rings (SSSR count). The van der Waals surface area contributed by atoms with Gasteiger partial charge in [-0.1, -0.05) is 23.7 Å². The highest BCUT2D eigenvalue weighted by Gasteiger charge is 2.24. The molecule has 7 heteroatoms. The summed E-state index contributed by atoms with van der Waals surface area (Å²) >= 11 is 7.82. The van der Waals surface area contributed by atoms with Crippen molar-refractivity contribution in [1.82, 2.24) is 9.78 Å². The fraction of sp³-hybridized carbons (Fsp3) is 0.167. The summed E-state index contributed by atoms with van der Waals surface area (Å²) in [5, 5.41) is 5.30. The Morgan fingerprint density at radius 2 is 2.08 bits per heavy atom. The zero-order valence-electron chi connectivity index (χ0n) is 13.2. The van der Waals surface area contributed by atoms with Crippen molar-refractivity contribution in [2.75, 3.05) is 17.2 Å². The van der Waals surface area contributed by atoms with Crippen molar-refractivity contribution in [1.29, 1.82) is 0 Å². The Balaban J connectivity index is 1.70. The third kappa shape index (κ3) is 3.03. The quantitative estimate of drug-likeness (QED) is 0.694. The first kappa shape index (κ1) is 16.2. The zero-order valence-corrected chi connectivity index (χ0v) is 14.8. The van der Waals surface area contributed by atoms with Gasteiger partial charge in [0.1, 0.15) is 6.54 Å². The first-order valence-electron chi connectivity index (χ1n) is 7.81. The minimum absolute atomic E-state index is 0.0669. The van der Waals surface area contributed by atoms with E-state index < -0.39 is 0 Å². The molecule has 2 aromatic carbocycles. The van der Waals surface area contributed by atoms with Crippen LogP contribution in [0.4, 0.5) is 5.69 Å². The van der Waals surface area contributed by atoms with Gasteiger partial charge in [0, 0.05) is 27.6 Å². The number of amides is 1. The van der Waals surface area contributed by atoms with E-state index in [1.165, 1.54) is 6.20 Å². The monoisotopic (exact) mass is 371 g/mol. The highest BCUT2D eigenvalue weighted by molar-refractivity contribution is 7.99. The number of para-hydroxylation sites is 1. The molecular formula is C18H14ClN3O2S. The van der Waals surface area contributed by atoms with E-state index in [4.69, 9.17) is 11.6 Å². The lowest BCUT2D eigenvalue weighted by Crippen LogP contribution is -2.38. The smallest absolute Gasteiger partial charge is 0.248 e. The molecule has 1 aliphatic rings. The van der Waals surface area contributed by atoms with Gasteiger partial charge in [-0.2, -0.15) is 5.10 Å². The van der Waals surface area contributed by atoms with Crippen LogP contribution in [0.5, 0.6) is 0 Å². The standard InChI is InChI=1S/C18H14ClN3O2S/c19-12-5-6-17-15(9-12)21(7-8-25-17)18(24)11-22-14-4-2-1-3-13(14)16(23)10-20-22/h1-6,9-10H,7-8,11H2. The van der Waals surface area contributed by atoms with E-state index in [9.17, 15) is 9.59 Å². The fourth-order valence-corrected chi connectivity index (χ4v) is 4.09. The molecule has 126 valence electrons. The maximum absolute atomic E-state index is 12.9. The van der Waals surface area contributed by atoms with Gasteiger partial charge in [0.25, 0.3) is 0 Å². The van der Waals surface area contributed by atoms with Gasteiger partial charge in [-0.05, 0) is 30.3 Å². The molecule has 25 heavy (non-hydrogen) atoms. The van der Waals surface area contributed by atoms with Crippen LogP contribution in [-0.2, 0) is 11.3 Å². The number of anilines is 1. The molecule has 3 aromatic rings. The summed E-state index contributed by atoms with van der Waals surface area (Å²) in [6.07, 6.45) is 1.26. The lowest BCUT2D eigenvalue weighted by Gasteiger charge is -2.29. The molecule has 0 atom stereocenters. The normalized spacial score (nSPS) is 13.7. The van der Waals surface area contributed by atoms with E-state index >= 15 is 0 Å². The maximum atomic E-state index is 12.9. The van der Waals surface area contributed by atoms with Gasteiger partial charge in [-0.25, -0.2) is 0 Å². The average molecular weight is 372 g/mol. The number of carbonyl (C=O) groups excluding carboxylic acids is 1. The molecule has 0 N–H and O–H groups in total. The van der Waals surface area contributed by atoms with Crippen LogP contribution in [0.15, 0.2) is 58.4 Å². The van der Waals surface area contributed by atoms with Gasteiger partial charge >= 0.3 is 0 Å². The average Bonchev–Trinajstić information content (AvgIpc) is 2.63. The number of hydrogen-bond donors (Lipinski definition) is 0. The van der Waals surface area contributed by atoms with Crippen LogP contribution < -0.4 is 10.3 Å². The van der Waals surface area contributed by atoms with E-state index in [0.29, 0.717) is 22.5 Å². The summed E-state index contributed by atoms with van der Waals surface area (Å²) in [7, 11) is 0. The number of rotatable bonds is 2. The van der Waals surface area contributed by atoms with Crippen LogP contribution >= 0.6 is 23.4 Å². The second-order valence-corrected chi connectivity index (χ2v) is 7.26. The molecule has 0 bridgehead atoms. The van der Waals surface area contributed by atoms with E-state index in [0.717, 1.165) is 16.3 Å². The van der Waals surface area contributed by atoms with Crippen LogP contribution in [0.25, 0.3) is 10.9 Å². The number of aromatic nitrogens is 2. The number of carbonyl (C=O) groups is 1. The molecular weight excluding hydrogens is 358 g/mol. The van der Waals surface area contributed by atoms with Crippen molar-refractivity contribution in [2.24, 2.45) is 0 Å². The summed E-state index contributed by atoms with van der Waals surface area (Å²) in [4.78, 5) is 27.6. The number of thioether (sulfide) groups is 1. The van der Waals surface area contributed by atoms with Crippen molar-refractivity contribution < 1.29 is 4.79 Å². The molecule has 0 fully saturated rings. The van der Waals surface area contributed by atoms with E-state index in [1.807, 2.05) is 24.3 Å². The predicted molar refractivity (Wildman–Crippen MR) is 101 cm³/mol. The highest BCUT2D eigenvalue weighted by Crippen LogP contribution is 2.36. The fourth-order valence-electron chi connectivity index (χ4n) is 2.95. The topological polar surface area (TPSA) is 55.2 Å². The molecule has 1 aliphatic heterocycles. The SMILES string of the molecule is O=C(Cn1ncc(=O)c2ccccc21)N1CCSc2ccc(Cl)cc21. The Labute approximate surface area is 153 Å². The van der Waals surface area contributed by atoms with Gasteiger partial charge in [-0.15, -0.1) is 11.8 Å². The number of benzene rings is 2. The van der Waals surface area contributed by atoms with Crippen LogP contribution in [0.2, 0.25) is 5.02 Å². The number of hydrogen-bond acceptors (Lipinski definition) is 4. The molecule has 0 saturated heterocycles. The molecule has 0 aliphatic carbocycles. The second-order valence-electron chi connectivity index (χ2n) is 5.69. The molecule has 0 radical (unpaired) electrons.